The maximum absolute atomic E-state index is 12.7. The Morgan fingerprint density at radius 1 is 0.735 bits per heavy atom. The van der Waals surface area contributed by atoms with Gasteiger partial charge in [-0.15, -0.1) is 0 Å². The van der Waals surface area contributed by atoms with Gasteiger partial charge in [0.1, 0.15) is 18.8 Å². The van der Waals surface area contributed by atoms with E-state index < -0.39 is 4.65 Å². The fraction of sp³-hybridized carbons (Fsp3) is 0.520. The molecule has 0 fully saturated rings. The topological polar surface area (TPSA) is 91.2 Å². The van der Waals surface area contributed by atoms with Crippen molar-refractivity contribution in [3.63, 3.8) is 0 Å². The minimum atomic E-state index is -0.435. The van der Waals surface area contributed by atoms with Crippen LogP contribution >= 0.6 is 0 Å². The quantitative estimate of drug-likeness (QED) is 0.271. The number of aryl methyl sites for hydroxylation is 2. The molecule has 0 spiro atoms. The van der Waals surface area contributed by atoms with Crippen LogP contribution in [0.4, 0.5) is 0 Å². The van der Waals surface area contributed by atoms with Gasteiger partial charge in [0, 0.05) is 5.56 Å². The molecule has 0 saturated heterocycles. The zero-order valence-electron chi connectivity index (χ0n) is 22.0. The fourth-order valence-electron chi connectivity index (χ4n) is 3.95. The zero-order valence-corrected chi connectivity index (χ0v) is 28.3. The number of benzene rings is 2. The van der Waals surface area contributed by atoms with Crippen LogP contribution in [0.1, 0.15) is 36.1 Å². The minimum absolute atomic E-state index is 0. The standard InChI is InChI=1S/C25H39N2O6.Cs/c1-8-18-12-20(24(28)22(14-18)31-5)16-26(3,29)10-11-27(4,30)17-21-13-19(9-2)15-23(32-6)25(21)33-7;/h12-15,29-30H,8-11,16-17H2,1-7H3;/q2*+1. The predicted octanol–water partition coefficient (Wildman–Crippen LogP) is 0.287. The van der Waals surface area contributed by atoms with Gasteiger partial charge in [-0.05, 0) is 42.2 Å². The molecule has 2 N–H and O–H groups in total. The number of likely N-dealkylation sites (N-methyl/N-ethyl adjacent to an activating group) is 2. The number of ether oxygens (including phenoxy) is 3. The molecule has 184 valence electrons. The first-order valence-electron chi connectivity index (χ1n) is 11.2. The average molecular weight is 597 g/mol. The molecule has 0 amide bonds. The molecule has 8 nitrogen and oxygen atoms in total. The number of hydrogen-bond donors (Lipinski definition) is 2. The molecule has 2 atom stereocenters. The minimum Gasteiger partial charge on any atom is -0.870 e. The summed E-state index contributed by atoms with van der Waals surface area (Å²) < 4.78 is 15.4. The van der Waals surface area contributed by atoms with E-state index in [1.165, 1.54) is 7.11 Å². The van der Waals surface area contributed by atoms with E-state index in [2.05, 4.69) is 6.92 Å². The molecule has 2 aromatic rings. The van der Waals surface area contributed by atoms with Crippen molar-refractivity contribution < 1.29 is 108 Å². The van der Waals surface area contributed by atoms with Crippen LogP contribution in [0, 0.1) is 0 Å². The van der Waals surface area contributed by atoms with Crippen molar-refractivity contribution in [2.75, 3.05) is 48.5 Å². The van der Waals surface area contributed by atoms with Crippen molar-refractivity contribution in [1.82, 2.24) is 0 Å². The number of quaternary nitrogens is 2. The third-order valence-electron chi connectivity index (χ3n) is 5.93. The number of hydrogen-bond acceptors (Lipinski definition) is 6. The number of methoxy groups -OCH3 is 3. The Kier molecular flexibility index (Phi) is 12.7. The molecule has 0 heterocycles. The van der Waals surface area contributed by atoms with Crippen LogP contribution in [0.2, 0.25) is 0 Å². The summed E-state index contributed by atoms with van der Waals surface area (Å²) in [5, 5.41) is 34.8. The summed E-state index contributed by atoms with van der Waals surface area (Å²) in [5.74, 6) is 1.28. The molecule has 2 aromatic carbocycles. The molecule has 0 bridgehead atoms. The molecule has 9 heteroatoms. The maximum Gasteiger partial charge on any atom is 1.00 e. The summed E-state index contributed by atoms with van der Waals surface area (Å²) in [5.41, 5.74) is 3.37. The van der Waals surface area contributed by atoms with E-state index in [0.29, 0.717) is 17.1 Å². The van der Waals surface area contributed by atoms with Gasteiger partial charge in [-0.3, -0.25) is 0 Å². The Bertz CT molecular complexity index is 949. The van der Waals surface area contributed by atoms with Crippen LogP contribution < -0.4 is 88.2 Å². The second-order valence-corrected chi connectivity index (χ2v) is 8.93. The molecule has 0 radical (unpaired) electrons. The van der Waals surface area contributed by atoms with Gasteiger partial charge >= 0.3 is 68.9 Å². The largest absolute Gasteiger partial charge is 1.00 e. The van der Waals surface area contributed by atoms with Crippen LogP contribution in [0.15, 0.2) is 24.3 Å². The van der Waals surface area contributed by atoms with E-state index in [4.69, 9.17) is 14.2 Å². The first kappa shape index (κ1) is 31.6. The van der Waals surface area contributed by atoms with Gasteiger partial charge in [-0.25, -0.2) is 10.4 Å². The first-order valence-corrected chi connectivity index (χ1v) is 11.2. The second kappa shape index (κ2) is 13.7. The van der Waals surface area contributed by atoms with Crippen molar-refractivity contribution in [2.45, 2.75) is 39.8 Å². The average Bonchev–Trinajstić information content (AvgIpc) is 2.78. The third-order valence-corrected chi connectivity index (χ3v) is 5.93. The fourth-order valence-corrected chi connectivity index (χ4v) is 3.95. The van der Waals surface area contributed by atoms with Crippen molar-refractivity contribution in [1.29, 1.82) is 0 Å². The van der Waals surface area contributed by atoms with Gasteiger partial charge < -0.3 is 19.3 Å². The molecule has 2 unspecified atom stereocenters. The summed E-state index contributed by atoms with van der Waals surface area (Å²) in [4.78, 5) is 0. The summed E-state index contributed by atoms with van der Waals surface area (Å²) in [7, 11) is 7.96. The Labute approximate surface area is 262 Å². The summed E-state index contributed by atoms with van der Waals surface area (Å²) in [6, 6.07) is 7.50. The molecule has 0 aliphatic rings. The van der Waals surface area contributed by atoms with Gasteiger partial charge in [0.05, 0.1) is 41.0 Å². The molecule has 0 aromatic heterocycles. The van der Waals surface area contributed by atoms with Gasteiger partial charge in [-0.2, -0.15) is 9.29 Å². The smallest absolute Gasteiger partial charge is 0.870 e. The Balaban J connectivity index is 0.00000578. The van der Waals surface area contributed by atoms with E-state index in [1.54, 1.807) is 34.4 Å². The van der Waals surface area contributed by atoms with Gasteiger partial charge in [-0.1, -0.05) is 25.7 Å². The van der Waals surface area contributed by atoms with Crippen LogP contribution in [0.25, 0.3) is 0 Å². The van der Waals surface area contributed by atoms with Crippen LogP contribution in [-0.2, 0) is 25.9 Å². The number of rotatable bonds is 12. The normalized spacial score (nSPS) is 14.5. The van der Waals surface area contributed by atoms with Crippen LogP contribution in [0.5, 0.6) is 23.0 Å². The molecular weight excluding hydrogens is 557 g/mol. The molecule has 0 aliphatic carbocycles. The summed E-state index contributed by atoms with van der Waals surface area (Å²) >= 11 is 0. The van der Waals surface area contributed by atoms with E-state index in [0.717, 1.165) is 29.5 Å². The van der Waals surface area contributed by atoms with Crippen molar-refractivity contribution >= 4 is 0 Å². The van der Waals surface area contributed by atoms with Crippen molar-refractivity contribution in [3.8, 4) is 23.0 Å². The zero-order chi connectivity index (χ0) is 24.8. The molecule has 0 saturated carbocycles. The monoisotopic (exact) mass is 596 g/mol. The van der Waals surface area contributed by atoms with Crippen LogP contribution in [-0.4, -0.2) is 68.2 Å². The van der Waals surface area contributed by atoms with E-state index in [-0.39, 0.29) is 111 Å². The number of nitrogens with zero attached hydrogens (tertiary/aromatic N) is 2. The Morgan fingerprint density at radius 2 is 1.18 bits per heavy atom. The molecule has 34 heavy (non-hydrogen) atoms. The van der Waals surface area contributed by atoms with E-state index in [9.17, 15) is 15.5 Å². The molecule has 2 rings (SSSR count). The first-order chi connectivity index (χ1) is 15.5. The van der Waals surface area contributed by atoms with Crippen molar-refractivity contribution in [2.24, 2.45) is 0 Å². The maximum atomic E-state index is 12.7. The Hall–Kier alpha value is -0.468. The molecular formula is C25H39CsN2O6+2. The summed E-state index contributed by atoms with van der Waals surface area (Å²) in [6.07, 6.45) is 1.58. The van der Waals surface area contributed by atoms with Gasteiger partial charge in [0.15, 0.2) is 24.6 Å². The van der Waals surface area contributed by atoms with E-state index >= 15 is 0 Å². The van der Waals surface area contributed by atoms with E-state index in [1.807, 2.05) is 25.1 Å². The molecule has 0 aliphatic heterocycles. The Morgan fingerprint density at radius 3 is 1.62 bits per heavy atom. The summed E-state index contributed by atoms with van der Waals surface area (Å²) in [6.45, 7) is 4.94. The second-order valence-electron chi connectivity index (χ2n) is 8.93. The number of hydroxylamine groups is 6. The van der Waals surface area contributed by atoms with Crippen molar-refractivity contribution in [3.05, 3.63) is 46.5 Å². The van der Waals surface area contributed by atoms with Gasteiger partial charge in [0.2, 0.25) is 0 Å². The predicted molar refractivity (Wildman–Crippen MR) is 124 cm³/mol. The SMILES string of the molecule is CCc1cc(C[N+](C)(O)CC[N+](C)(O)Cc2cc(CC)cc(OC)c2OC)c([O-])c(OC)c1.[Cs+]. The third kappa shape index (κ3) is 8.58. The van der Waals surface area contributed by atoms with Crippen LogP contribution in [0.3, 0.4) is 0 Å². The van der Waals surface area contributed by atoms with Gasteiger partial charge in [0.25, 0.3) is 0 Å².